The van der Waals surface area contributed by atoms with Gasteiger partial charge in [-0.2, -0.15) is 0 Å². The number of benzene rings is 1. The standard InChI is InChI=1S/C18H23N5O/c19-17(15-4-2-1-3-5-15)18(24)23-12-10-22(11-13-23)9-6-16-14-20-7-8-21-16/h1-5,7-8,14,17H,6,9-13,19H2/t17-/m1/s1. The van der Waals surface area contributed by atoms with Crippen LogP contribution in [0, 0.1) is 0 Å². The van der Waals surface area contributed by atoms with Crippen molar-refractivity contribution in [2.75, 3.05) is 32.7 Å². The topological polar surface area (TPSA) is 75.4 Å². The van der Waals surface area contributed by atoms with Crippen LogP contribution in [0.5, 0.6) is 0 Å². The molecule has 1 aromatic heterocycles. The molecule has 1 amide bonds. The van der Waals surface area contributed by atoms with Gasteiger partial charge >= 0.3 is 0 Å². The molecule has 2 heterocycles. The van der Waals surface area contributed by atoms with Crippen LogP contribution in [0.4, 0.5) is 0 Å². The zero-order valence-corrected chi connectivity index (χ0v) is 13.7. The van der Waals surface area contributed by atoms with Gasteiger partial charge in [0.1, 0.15) is 6.04 Å². The first-order valence-corrected chi connectivity index (χ1v) is 8.30. The summed E-state index contributed by atoms with van der Waals surface area (Å²) in [5.74, 6) is 0.00905. The Morgan fingerprint density at radius 2 is 1.88 bits per heavy atom. The van der Waals surface area contributed by atoms with E-state index in [0.29, 0.717) is 0 Å². The molecule has 1 saturated heterocycles. The van der Waals surface area contributed by atoms with Gasteiger partial charge in [-0.15, -0.1) is 0 Å². The van der Waals surface area contributed by atoms with Crippen LogP contribution in [0.25, 0.3) is 0 Å². The Labute approximate surface area is 142 Å². The molecular formula is C18H23N5O. The van der Waals surface area contributed by atoms with E-state index in [1.807, 2.05) is 35.2 Å². The summed E-state index contributed by atoms with van der Waals surface area (Å²) in [6.07, 6.45) is 6.09. The highest BCUT2D eigenvalue weighted by molar-refractivity contribution is 5.83. The molecule has 0 saturated carbocycles. The van der Waals surface area contributed by atoms with E-state index in [9.17, 15) is 4.79 Å². The number of nitrogens with two attached hydrogens (primary N) is 1. The molecule has 1 atom stereocenters. The van der Waals surface area contributed by atoms with Gasteiger partial charge in [0.15, 0.2) is 0 Å². The van der Waals surface area contributed by atoms with E-state index in [1.165, 1.54) is 0 Å². The first-order valence-electron chi connectivity index (χ1n) is 8.30. The molecule has 2 N–H and O–H groups in total. The number of amides is 1. The van der Waals surface area contributed by atoms with Gasteiger partial charge in [0.05, 0.1) is 5.69 Å². The number of piperazine rings is 1. The number of carbonyl (C=O) groups is 1. The Bertz CT molecular complexity index is 641. The second kappa shape index (κ2) is 7.99. The van der Waals surface area contributed by atoms with Crippen molar-refractivity contribution in [2.45, 2.75) is 12.5 Å². The molecule has 6 nitrogen and oxygen atoms in total. The van der Waals surface area contributed by atoms with Gasteiger partial charge in [0.2, 0.25) is 5.91 Å². The van der Waals surface area contributed by atoms with Crippen molar-refractivity contribution in [3.8, 4) is 0 Å². The van der Waals surface area contributed by atoms with Gasteiger partial charge in [0, 0.05) is 57.7 Å². The molecule has 2 aromatic rings. The lowest BCUT2D eigenvalue weighted by Crippen LogP contribution is -2.51. The molecule has 6 heteroatoms. The normalized spacial score (nSPS) is 16.8. The molecule has 1 aliphatic heterocycles. The second-order valence-corrected chi connectivity index (χ2v) is 6.00. The highest BCUT2D eigenvalue weighted by Gasteiger charge is 2.25. The molecule has 0 unspecified atom stereocenters. The summed E-state index contributed by atoms with van der Waals surface area (Å²) < 4.78 is 0. The number of nitrogens with zero attached hydrogens (tertiary/aromatic N) is 4. The first-order chi connectivity index (χ1) is 11.7. The van der Waals surface area contributed by atoms with Crippen LogP contribution >= 0.6 is 0 Å². The molecule has 24 heavy (non-hydrogen) atoms. The maximum Gasteiger partial charge on any atom is 0.244 e. The van der Waals surface area contributed by atoms with Crippen molar-refractivity contribution < 1.29 is 4.79 Å². The fourth-order valence-electron chi connectivity index (χ4n) is 2.92. The number of hydrogen-bond acceptors (Lipinski definition) is 5. The third-order valence-electron chi connectivity index (χ3n) is 4.41. The lowest BCUT2D eigenvalue weighted by atomic mass is 10.1. The summed E-state index contributed by atoms with van der Waals surface area (Å²) in [5.41, 5.74) is 7.99. The smallest absolute Gasteiger partial charge is 0.244 e. The molecule has 0 radical (unpaired) electrons. The Morgan fingerprint density at radius 1 is 1.12 bits per heavy atom. The molecule has 3 rings (SSSR count). The predicted octanol–water partition coefficient (Wildman–Crippen LogP) is 0.863. The Morgan fingerprint density at radius 3 is 2.54 bits per heavy atom. The van der Waals surface area contributed by atoms with Crippen LogP contribution in [0.1, 0.15) is 17.3 Å². The Balaban J connectivity index is 1.47. The van der Waals surface area contributed by atoms with E-state index in [-0.39, 0.29) is 5.91 Å². The lowest BCUT2D eigenvalue weighted by molar-refractivity contribution is -0.134. The van der Waals surface area contributed by atoms with Crippen molar-refractivity contribution in [2.24, 2.45) is 5.73 Å². The zero-order chi connectivity index (χ0) is 16.8. The van der Waals surface area contributed by atoms with Gasteiger partial charge < -0.3 is 10.6 Å². The van der Waals surface area contributed by atoms with Crippen LogP contribution < -0.4 is 5.73 Å². The van der Waals surface area contributed by atoms with Crippen molar-refractivity contribution in [1.29, 1.82) is 0 Å². The largest absolute Gasteiger partial charge is 0.338 e. The summed E-state index contributed by atoms with van der Waals surface area (Å²) in [7, 11) is 0. The SMILES string of the molecule is N[C@@H](C(=O)N1CCN(CCc2cnccn2)CC1)c1ccccc1. The Hall–Kier alpha value is -2.31. The summed E-state index contributed by atoms with van der Waals surface area (Å²) in [4.78, 5) is 25.2. The van der Waals surface area contributed by atoms with Gasteiger partial charge in [0.25, 0.3) is 0 Å². The van der Waals surface area contributed by atoms with Crippen molar-refractivity contribution in [3.63, 3.8) is 0 Å². The molecule has 1 fully saturated rings. The maximum absolute atomic E-state index is 12.5. The monoisotopic (exact) mass is 325 g/mol. The van der Waals surface area contributed by atoms with E-state index in [2.05, 4.69) is 14.9 Å². The summed E-state index contributed by atoms with van der Waals surface area (Å²) in [6.45, 7) is 4.12. The highest BCUT2D eigenvalue weighted by atomic mass is 16.2. The fraction of sp³-hybridized carbons (Fsp3) is 0.389. The van der Waals surface area contributed by atoms with Crippen LogP contribution in [-0.4, -0.2) is 58.4 Å². The van der Waals surface area contributed by atoms with Crippen molar-refractivity contribution in [1.82, 2.24) is 19.8 Å². The quantitative estimate of drug-likeness (QED) is 0.882. The average molecular weight is 325 g/mol. The molecule has 126 valence electrons. The van der Waals surface area contributed by atoms with Crippen LogP contribution in [0.3, 0.4) is 0 Å². The minimum Gasteiger partial charge on any atom is -0.338 e. The number of hydrogen-bond donors (Lipinski definition) is 1. The predicted molar refractivity (Wildman–Crippen MR) is 92.1 cm³/mol. The summed E-state index contributed by atoms with van der Waals surface area (Å²) >= 11 is 0. The van der Waals surface area contributed by atoms with Crippen LogP contribution in [-0.2, 0) is 11.2 Å². The maximum atomic E-state index is 12.5. The first kappa shape index (κ1) is 16.5. The van der Waals surface area contributed by atoms with E-state index in [4.69, 9.17) is 5.73 Å². The number of aromatic nitrogens is 2. The van der Waals surface area contributed by atoms with E-state index < -0.39 is 6.04 Å². The van der Waals surface area contributed by atoms with E-state index in [1.54, 1.807) is 18.6 Å². The lowest BCUT2D eigenvalue weighted by Gasteiger charge is -2.35. The zero-order valence-electron chi connectivity index (χ0n) is 13.7. The summed E-state index contributed by atoms with van der Waals surface area (Å²) in [6, 6.07) is 8.98. The molecule has 0 bridgehead atoms. The third-order valence-corrected chi connectivity index (χ3v) is 4.41. The number of carbonyl (C=O) groups excluding carboxylic acids is 1. The molecular weight excluding hydrogens is 302 g/mol. The second-order valence-electron chi connectivity index (χ2n) is 6.00. The Kier molecular flexibility index (Phi) is 5.51. The average Bonchev–Trinajstić information content (AvgIpc) is 2.67. The van der Waals surface area contributed by atoms with Gasteiger partial charge in [-0.25, -0.2) is 0 Å². The van der Waals surface area contributed by atoms with E-state index in [0.717, 1.165) is 50.4 Å². The van der Waals surface area contributed by atoms with E-state index >= 15 is 0 Å². The summed E-state index contributed by atoms with van der Waals surface area (Å²) in [5, 5.41) is 0. The molecule has 1 aliphatic rings. The van der Waals surface area contributed by atoms with Crippen molar-refractivity contribution in [3.05, 3.63) is 60.2 Å². The minimum atomic E-state index is -0.572. The molecule has 0 spiro atoms. The minimum absolute atomic E-state index is 0.00905. The highest BCUT2D eigenvalue weighted by Crippen LogP contribution is 2.14. The van der Waals surface area contributed by atoms with Crippen molar-refractivity contribution >= 4 is 5.91 Å². The molecule has 0 aliphatic carbocycles. The van der Waals surface area contributed by atoms with Crippen LogP contribution in [0.2, 0.25) is 0 Å². The van der Waals surface area contributed by atoms with Gasteiger partial charge in [-0.1, -0.05) is 30.3 Å². The number of rotatable bonds is 5. The molecule has 1 aromatic carbocycles. The van der Waals surface area contributed by atoms with Gasteiger partial charge in [-0.3, -0.25) is 19.7 Å². The fourth-order valence-corrected chi connectivity index (χ4v) is 2.92. The van der Waals surface area contributed by atoms with Gasteiger partial charge in [-0.05, 0) is 5.56 Å². The van der Waals surface area contributed by atoms with Crippen LogP contribution in [0.15, 0.2) is 48.9 Å². The third kappa shape index (κ3) is 4.15.